The second-order valence-corrected chi connectivity index (χ2v) is 6.38. The fraction of sp³-hybridized carbons (Fsp3) is 0.545. The van der Waals surface area contributed by atoms with Gasteiger partial charge in [-0.1, -0.05) is 6.92 Å². The van der Waals surface area contributed by atoms with Crippen molar-refractivity contribution in [1.29, 1.82) is 0 Å². The summed E-state index contributed by atoms with van der Waals surface area (Å²) in [6, 6.07) is 0. The van der Waals surface area contributed by atoms with Gasteiger partial charge in [0.2, 0.25) is 16.0 Å². The Labute approximate surface area is 123 Å². The van der Waals surface area contributed by atoms with Crippen LogP contribution in [0.3, 0.4) is 0 Å². The second-order valence-electron chi connectivity index (χ2n) is 4.55. The maximum atomic E-state index is 11.0. The van der Waals surface area contributed by atoms with E-state index in [0.29, 0.717) is 24.0 Å². The molecule has 0 atom stereocenters. The van der Waals surface area contributed by atoms with E-state index in [1.54, 1.807) is 6.20 Å². The molecule has 4 N–H and O–H groups in total. The summed E-state index contributed by atoms with van der Waals surface area (Å²) in [5, 5.41) is 13.7. The molecule has 21 heavy (non-hydrogen) atoms. The average molecular weight is 313 g/mol. The lowest BCUT2D eigenvalue weighted by atomic mass is 10.4. The van der Waals surface area contributed by atoms with Gasteiger partial charge in [0.1, 0.15) is 5.82 Å². The fourth-order valence-electron chi connectivity index (χ4n) is 1.70. The largest absolute Gasteiger partial charge is 0.368 e. The highest BCUT2D eigenvalue weighted by Gasteiger charge is 2.09. The van der Waals surface area contributed by atoms with Crippen LogP contribution in [-0.4, -0.2) is 54.5 Å². The SMILES string of the molecule is CCCNc1nc(NCCNS(C)(=O)=O)c2cn[nH]c2n1. The molecule has 0 unspecified atom stereocenters. The van der Waals surface area contributed by atoms with E-state index < -0.39 is 10.0 Å². The first-order valence-electron chi connectivity index (χ1n) is 6.63. The van der Waals surface area contributed by atoms with E-state index in [0.717, 1.165) is 24.6 Å². The van der Waals surface area contributed by atoms with Crippen molar-refractivity contribution in [3.05, 3.63) is 6.20 Å². The molecule has 0 fully saturated rings. The Morgan fingerprint density at radius 2 is 2.00 bits per heavy atom. The molecular formula is C11H19N7O2S. The first kappa shape index (κ1) is 15.4. The molecular weight excluding hydrogens is 294 g/mol. The maximum Gasteiger partial charge on any atom is 0.226 e. The summed E-state index contributed by atoms with van der Waals surface area (Å²) in [6.45, 7) is 3.52. The van der Waals surface area contributed by atoms with Crippen molar-refractivity contribution in [2.75, 3.05) is 36.5 Å². The van der Waals surface area contributed by atoms with Crippen molar-refractivity contribution in [3.63, 3.8) is 0 Å². The molecule has 9 nitrogen and oxygen atoms in total. The number of nitrogens with one attached hydrogen (secondary N) is 4. The number of sulfonamides is 1. The van der Waals surface area contributed by atoms with Crippen molar-refractivity contribution >= 4 is 32.8 Å². The van der Waals surface area contributed by atoms with Gasteiger partial charge in [-0.15, -0.1) is 0 Å². The molecule has 0 radical (unpaired) electrons. The maximum absolute atomic E-state index is 11.0. The average Bonchev–Trinajstić information content (AvgIpc) is 2.88. The summed E-state index contributed by atoms with van der Waals surface area (Å²) in [4.78, 5) is 8.68. The summed E-state index contributed by atoms with van der Waals surface area (Å²) in [5.41, 5.74) is 0.627. The highest BCUT2D eigenvalue weighted by Crippen LogP contribution is 2.19. The topological polar surface area (TPSA) is 125 Å². The minimum absolute atomic E-state index is 0.278. The lowest BCUT2D eigenvalue weighted by molar-refractivity contribution is 0.589. The molecule has 0 saturated heterocycles. The van der Waals surface area contributed by atoms with Gasteiger partial charge in [-0.25, -0.2) is 13.1 Å². The lowest BCUT2D eigenvalue weighted by Crippen LogP contribution is -2.27. The molecule has 10 heteroatoms. The number of aromatic nitrogens is 4. The monoisotopic (exact) mass is 313 g/mol. The zero-order valence-corrected chi connectivity index (χ0v) is 12.8. The third-order valence-electron chi connectivity index (χ3n) is 2.62. The fourth-order valence-corrected chi connectivity index (χ4v) is 2.18. The molecule has 0 spiro atoms. The molecule has 0 amide bonds. The molecule has 2 aromatic heterocycles. The molecule has 0 saturated carbocycles. The summed E-state index contributed by atoms with van der Waals surface area (Å²) in [7, 11) is -3.18. The highest BCUT2D eigenvalue weighted by molar-refractivity contribution is 7.88. The molecule has 2 rings (SSSR count). The lowest BCUT2D eigenvalue weighted by Gasteiger charge is -2.09. The van der Waals surface area contributed by atoms with Gasteiger partial charge in [-0.2, -0.15) is 15.1 Å². The molecule has 0 aromatic carbocycles. The molecule has 0 aliphatic heterocycles. The quantitative estimate of drug-likeness (QED) is 0.511. The summed E-state index contributed by atoms with van der Waals surface area (Å²) >= 11 is 0. The smallest absolute Gasteiger partial charge is 0.226 e. The number of anilines is 2. The summed E-state index contributed by atoms with van der Waals surface area (Å²) in [6.07, 6.45) is 3.72. The standard InChI is InChI=1S/C11H19N7O2S/c1-3-4-13-11-16-9(8-7-14-18-10(8)17-11)12-5-6-15-21(2,19)20/h7,15H,3-6H2,1-2H3,(H3,12,13,14,16,17,18). The van der Waals surface area contributed by atoms with Crippen molar-refractivity contribution in [3.8, 4) is 0 Å². The first-order valence-corrected chi connectivity index (χ1v) is 8.52. The van der Waals surface area contributed by atoms with Gasteiger partial charge in [-0.3, -0.25) is 5.10 Å². The third-order valence-corrected chi connectivity index (χ3v) is 3.35. The Balaban J connectivity index is 2.08. The van der Waals surface area contributed by atoms with Crippen LogP contribution in [0.15, 0.2) is 6.20 Å². The Morgan fingerprint density at radius 3 is 2.71 bits per heavy atom. The predicted molar refractivity (Wildman–Crippen MR) is 81.8 cm³/mol. The van der Waals surface area contributed by atoms with Gasteiger partial charge in [-0.05, 0) is 6.42 Å². The van der Waals surface area contributed by atoms with Gasteiger partial charge >= 0.3 is 0 Å². The van der Waals surface area contributed by atoms with Gasteiger partial charge < -0.3 is 10.6 Å². The molecule has 0 bridgehead atoms. The minimum Gasteiger partial charge on any atom is -0.368 e. The van der Waals surface area contributed by atoms with Crippen LogP contribution >= 0.6 is 0 Å². The Kier molecular flexibility index (Phi) is 4.91. The van der Waals surface area contributed by atoms with Crippen LogP contribution in [0.1, 0.15) is 13.3 Å². The van der Waals surface area contributed by atoms with Crippen LogP contribution in [0.2, 0.25) is 0 Å². The van der Waals surface area contributed by atoms with E-state index in [1.807, 2.05) is 0 Å². The van der Waals surface area contributed by atoms with E-state index >= 15 is 0 Å². The summed E-state index contributed by atoms with van der Waals surface area (Å²) in [5.74, 6) is 1.12. The third kappa shape index (κ3) is 4.53. The second kappa shape index (κ2) is 6.68. The number of hydrogen-bond donors (Lipinski definition) is 4. The minimum atomic E-state index is -3.18. The van der Waals surface area contributed by atoms with Crippen molar-refractivity contribution in [2.24, 2.45) is 0 Å². The number of fused-ring (bicyclic) bond motifs is 1. The number of nitrogens with zero attached hydrogens (tertiary/aromatic N) is 3. The van der Waals surface area contributed by atoms with Crippen LogP contribution in [0.25, 0.3) is 11.0 Å². The number of hydrogen-bond acceptors (Lipinski definition) is 7. The molecule has 2 heterocycles. The number of H-pyrrole nitrogens is 1. The van der Waals surface area contributed by atoms with Crippen LogP contribution in [0.5, 0.6) is 0 Å². The van der Waals surface area contributed by atoms with Crippen LogP contribution in [-0.2, 0) is 10.0 Å². The van der Waals surface area contributed by atoms with Crippen molar-refractivity contribution in [2.45, 2.75) is 13.3 Å². The van der Waals surface area contributed by atoms with Gasteiger partial charge in [0.25, 0.3) is 0 Å². The van der Waals surface area contributed by atoms with E-state index in [2.05, 4.69) is 42.4 Å². The zero-order valence-electron chi connectivity index (χ0n) is 12.0. The van der Waals surface area contributed by atoms with E-state index in [1.165, 1.54) is 0 Å². The summed E-state index contributed by atoms with van der Waals surface area (Å²) < 4.78 is 24.4. The van der Waals surface area contributed by atoms with Crippen molar-refractivity contribution < 1.29 is 8.42 Å². The van der Waals surface area contributed by atoms with E-state index in [-0.39, 0.29) is 6.54 Å². The number of aromatic amines is 1. The molecule has 0 aliphatic rings. The Bertz CT molecular complexity index is 698. The highest BCUT2D eigenvalue weighted by atomic mass is 32.2. The van der Waals surface area contributed by atoms with Crippen LogP contribution < -0.4 is 15.4 Å². The van der Waals surface area contributed by atoms with Crippen LogP contribution in [0.4, 0.5) is 11.8 Å². The molecule has 0 aliphatic carbocycles. The van der Waals surface area contributed by atoms with Crippen LogP contribution in [0, 0.1) is 0 Å². The Hall–Kier alpha value is -1.94. The zero-order chi connectivity index (χ0) is 15.3. The predicted octanol–water partition coefficient (Wildman–Crippen LogP) is 0.136. The molecule has 2 aromatic rings. The number of rotatable bonds is 8. The molecule has 116 valence electrons. The normalized spacial score (nSPS) is 11.7. The van der Waals surface area contributed by atoms with E-state index in [9.17, 15) is 8.42 Å². The van der Waals surface area contributed by atoms with Gasteiger partial charge in [0, 0.05) is 19.6 Å². The van der Waals surface area contributed by atoms with Crippen molar-refractivity contribution in [1.82, 2.24) is 24.9 Å². The first-order chi connectivity index (χ1) is 9.99. The Morgan fingerprint density at radius 1 is 1.19 bits per heavy atom. The van der Waals surface area contributed by atoms with E-state index in [4.69, 9.17) is 0 Å². The van der Waals surface area contributed by atoms with Gasteiger partial charge in [0.05, 0.1) is 17.8 Å². The van der Waals surface area contributed by atoms with Gasteiger partial charge in [0.15, 0.2) is 5.65 Å².